The average molecular weight is 362 g/mol. The quantitative estimate of drug-likeness (QED) is 0.876. The Morgan fingerprint density at radius 3 is 2.50 bits per heavy atom. The Morgan fingerprint density at radius 2 is 1.88 bits per heavy atom. The van der Waals surface area contributed by atoms with Gasteiger partial charge >= 0.3 is 6.09 Å². The fourth-order valence-corrected chi connectivity index (χ4v) is 3.83. The Kier molecular flexibility index (Phi) is 5.44. The highest BCUT2D eigenvalue weighted by Gasteiger charge is 2.36. The first-order chi connectivity index (χ1) is 12.3. The van der Waals surface area contributed by atoms with E-state index in [0.29, 0.717) is 13.1 Å². The second kappa shape index (κ2) is 7.45. The van der Waals surface area contributed by atoms with E-state index in [0.717, 1.165) is 31.7 Å². The molecule has 2 aliphatic rings. The van der Waals surface area contributed by atoms with Crippen molar-refractivity contribution in [3.05, 3.63) is 29.3 Å². The lowest BCUT2D eigenvalue weighted by molar-refractivity contribution is -0.00969. The van der Waals surface area contributed by atoms with Gasteiger partial charge in [-0.05, 0) is 56.9 Å². The average Bonchev–Trinajstić information content (AvgIpc) is 2.60. The Balaban J connectivity index is 1.69. The summed E-state index contributed by atoms with van der Waals surface area (Å²) >= 11 is 0. The van der Waals surface area contributed by atoms with Crippen LogP contribution in [0.2, 0.25) is 0 Å². The summed E-state index contributed by atoms with van der Waals surface area (Å²) in [6, 6.07) is 6.08. The molecule has 1 fully saturated rings. The zero-order valence-corrected chi connectivity index (χ0v) is 16.2. The Hall–Kier alpha value is -1.79. The molecule has 6 nitrogen and oxygen atoms in total. The van der Waals surface area contributed by atoms with Gasteiger partial charge in [0.25, 0.3) is 0 Å². The summed E-state index contributed by atoms with van der Waals surface area (Å²) < 4.78 is 10.8. The molecule has 1 aliphatic carbocycles. The molecule has 2 atom stereocenters. The zero-order valence-electron chi connectivity index (χ0n) is 16.2. The highest BCUT2D eigenvalue weighted by Crippen LogP contribution is 2.36. The van der Waals surface area contributed by atoms with E-state index in [4.69, 9.17) is 9.47 Å². The minimum atomic E-state index is -0.480. The molecule has 0 aromatic heterocycles. The summed E-state index contributed by atoms with van der Waals surface area (Å²) in [5.41, 5.74) is 1.94. The second-order valence-electron chi connectivity index (χ2n) is 8.12. The molecule has 3 rings (SSSR count). The molecule has 1 aliphatic heterocycles. The first-order valence-electron chi connectivity index (χ1n) is 9.35. The summed E-state index contributed by atoms with van der Waals surface area (Å²) in [6.07, 6.45) is 0.967. The molecule has 144 valence electrons. The summed E-state index contributed by atoms with van der Waals surface area (Å²) in [4.78, 5) is 16.3. The number of hydrogen-bond acceptors (Lipinski definition) is 5. The first-order valence-corrected chi connectivity index (χ1v) is 9.35. The van der Waals surface area contributed by atoms with Crippen LogP contribution < -0.4 is 4.74 Å². The number of carbonyl (C=O) groups is 1. The van der Waals surface area contributed by atoms with Gasteiger partial charge in [-0.25, -0.2) is 4.79 Å². The third-order valence-corrected chi connectivity index (χ3v) is 5.10. The third kappa shape index (κ3) is 4.13. The van der Waals surface area contributed by atoms with Crippen molar-refractivity contribution in [3.8, 4) is 5.75 Å². The summed E-state index contributed by atoms with van der Waals surface area (Å²) in [7, 11) is 1.67. The van der Waals surface area contributed by atoms with Crippen molar-refractivity contribution in [2.24, 2.45) is 0 Å². The monoisotopic (exact) mass is 362 g/mol. The summed E-state index contributed by atoms with van der Waals surface area (Å²) in [5.74, 6) is 0.855. The topological polar surface area (TPSA) is 62.2 Å². The standard InChI is InChI=1S/C20H30N2O4/c1-20(2,3)26-19(24)22-11-9-21(10-12-22)18-16-7-6-15(25-4)13-14(16)5-8-17(18)23/h6-7,13,17-18,23H,5,8-12H2,1-4H3. The van der Waals surface area contributed by atoms with E-state index in [1.165, 1.54) is 11.1 Å². The van der Waals surface area contributed by atoms with Crippen LogP contribution in [-0.2, 0) is 11.2 Å². The molecular weight excluding hydrogens is 332 g/mol. The van der Waals surface area contributed by atoms with Gasteiger partial charge in [-0.3, -0.25) is 4.90 Å². The van der Waals surface area contributed by atoms with Crippen molar-refractivity contribution in [2.45, 2.75) is 51.4 Å². The molecule has 0 saturated carbocycles. The van der Waals surface area contributed by atoms with Crippen LogP contribution in [0.15, 0.2) is 18.2 Å². The van der Waals surface area contributed by atoms with Gasteiger partial charge < -0.3 is 19.5 Å². The van der Waals surface area contributed by atoms with E-state index in [2.05, 4.69) is 17.0 Å². The molecule has 1 N–H and O–H groups in total. The van der Waals surface area contributed by atoms with Crippen LogP contribution in [0, 0.1) is 0 Å². The van der Waals surface area contributed by atoms with Crippen LogP contribution in [0.25, 0.3) is 0 Å². The smallest absolute Gasteiger partial charge is 0.410 e. The number of fused-ring (bicyclic) bond motifs is 1. The number of nitrogens with zero attached hydrogens (tertiary/aromatic N) is 2. The lowest BCUT2D eigenvalue weighted by Gasteiger charge is -2.43. The van der Waals surface area contributed by atoms with Crippen LogP contribution in [0.1, 0.15) is 44.4 Å². The van der Waals surface area contributed by atoms with E-state index in [-0.39, 0.29) is 18.2 Å². The molecule has 26 heavy (non-hydrogen) atoms. The molecule has 0 bridgehead atoms. The molecule has 0 spiro atoms. The van der Waals surface area contributed by atoms with Gasteiger partial charge in [-0.1, -0.05) is 6.07 Å². The molecule has 1 aromatic rings. The predicted octanol–water partition coefficient (Wildman–Crippen LogP) is 2.60. The number of aliphatic hydroxyl groups excluding tert-OH is 1. The zero-order chi connectivity index (χ0) is 18.9. The number of amides is 1. The maximum absolute atomic E-state index is 12.3. The van der Waals surface area contributed by atoms with E-state index >= 15 is 0 Å². The van der Waals surface area contributed by atoms with Gasteiger partial charge in [0, 0.05) is 26.2 Å². The van der Waals surface area contributed by atoms with Crippen LogP contribution in [-0.4, -0.2) is 66.0 Å². The van der Waals surface area contributed by atoms with E-state index < -0.39 is 5.60 Å². The van der Waals surface area contributed by atoms with Crippen LogP contribution in [0.4, 0.5) is 4.79 Å². The van der Waals surface area contributed by atoms with Gasteiger partial charge in [0.15, 0.2) is 0 Å². The van der Waals surface area contributed by atoms with Gasteiger partial charge in [-0.2, -0.15) is 0 Å². The number of piperazine rings is 1. The maximum atomic E-state index is 12.3. The van der Waals surface area contributed by atoms with Crippen LogP contribution in [0.3, 0.4) is 0 Å². The number of carbonyl (C=O) groups excluding carboxylic acids is 1. The van der Waals surface area contributed by atoms with E-state index in [9.17, 15) is 9.90 Å². The SMILES string of the molecule is COc1ccc2c(c1)CCC(O)C2N1CCN(C(=O)OC(C)(C)C)CC1. The van der Waals surface area contributed by atoms with Gasteiger partial charge in [0.1, 0.15) is 11.4 Å². The third-order valence-electron chi connectivity index (χ3n) is 5.10. The van der Waals surface area contributed by atoms with E-state index in [1.54, 1.807) is 12.0 Å². The Labute approximate surface area is 155 Å². The fraction of sp³-hybridized carbons (Fsp3) is 0.650. The number of hydrogen-bond donors (Lipinski definition) is 1. The van der Waals surface area contributed by atoms with Crippen molar-refractivity contribution in [1.29, 1.82) is 0 Å². The lowest BCUT2D eigenvalue weighted by Crippen LogP contribution is -2.53. The Morgan fingerprint density at radius 1 is 1.19 bits per heavy atom. The highest BCUT2D eigenvalue weighted by atomic mass is 16.6. The summed E-state index contributed by atoms with van der Waals surface area (Å²) in [6.45, 7) is 8.33. The van der Waals surface area contributed by atoms with Crippen molar-refractivity contribution in [2.75, 3.05) is 33.3 Å². The fourth-order valence-electron chi connectivity index (χ4n) is 3.83. The van der Waals surface area contributed by atoms with Crippen LogP contribution >= 0.6 is 0 Å². The van der Waals surface area contributed by atoms with Crippen molar-refractivity contribution in [1.82, 2.24) is 9.80 Å². The molecule has 2 unspecified atom stereocenters. The normalized spacial score (nSPS) is 24.1. The lowest BCUT2D eigenvalue weighted by atomic mass is 9.84. The van der Waals surface area contributed by atoms with Crippen molar-refractivity contribution < 1.29 is 19.4 Å². The van der Waals surface area contributed by atoms with Crippen molar-refractivity contribution >= 4 is 6.09 Å². The van der Waals surface area contributed by atoms with Gasteiger partial charge in [0.05, 0.1) is 19.3 Å². The number of benzene rings is 1. The number of aryl methyl sites for hydroxylation is 1. The molecule has 1 heterocycles. The highest BCUT2D eigenvalue weighted by molar-refractivity contribution is 5.68. The summed E-state index contributed by atoms with van der Waals surface area (Å²) in [5, 5.41) is 10.6. The minimum absolute atomic E-state index is 0.0227. The molecule has 6 heteroatoms. The molecular formula is C20H30N2O4. The van der Waals surface area contributed by atoms with Crippen LogP contribution in [0.5, 0.6) is 5.75 Å². The molecule has 1 aromatic carbocycles. The molecule has 1 saturated heterocycles. The minimum Gasteiger partial charge on any atom is -0.497 e. The largest absolute Gasteiger partial charge is 0.497 e. The maximum Gasteiger partial charge on any atom is 0.410 e. The molecule has 1 amide bonds. The number of rotatable bonds is 2. The second-order valence-corrected chi connectivity index (χ2v) is 8.12. The van der Waals surface area contributed by atoms with Gasteiger partial charge in [0.2, 0.25) is 0 Å². The Bertz CT molecular complexity index is 648. The predicted molar refractivity (Wildman–Crippen MR) is 99.4 cm³/mol. The first kappa shape index (κ1) is 19.0. The van der Waals surface area contributed by atoms with Gasteiger partial charge in [-0.15, -0.1) is 0 Å². The number of ether oxygens (including phenoxy) is 2. The van der Waals surface area contributed by atoms with E-state index in [1.807, 2.05) is 26.8 Å². The number of aliphatic hydroxyl groups is 1. The van der Waals surface area contributed by atoms with Crippen molar-refractivity contribution in [3.63, 3.8) is 0 Å². The number of methoxy groups -OCH3 is 1. The molecule has 0 radical (unpaired) electrons.